The van der Waals surface area contributed by atoms with E-state index in [1.807, 2.05) is 17.0 Å². The summed E-state index contributed by atoms with van der Waals surface area (Å²) in [5, 5.41) is 16.6. The van der Waals surface area contributed by atoms with Crippen molar-refractivity contribution in [1.82, 2.24) is 9.88 Å². The first-order chi connectivity index (χ1) is 13.4. The van der Waals surface area contributed by atoms with Gasteiger partial charge in [-0.3, -0.25) is 14.5 Å². The second-order valence-corrected chi connectivity index (χ2v) is 8.48. The second kappa shape index (κ2) is 7.75. The summed E-state index contributed by atoms with van der Waals surface area (Å²) >= 11 is 1.36. The summed E-state index contributed by atoms with van der Waals surface area (Å²) in [6, 6.07) is 5.44. The van der Waals surface area contributed by atoms with Crippen molar-refractivity contribution >= 4 is 44.2 Å². The lowest BCUT2D eigenvalue weighted by atomic mass is 9.86. The third-order valence-corrected chi connectivity index (χ3v) is 6.28. The number of nitrogens with zero attached hydrogens (tertiary/aromatic N) is 2. The van der Waals surface area contributed by atoms with Crippen molar-refractivity contribution in [2.75, 3.05) is 36.9 Å². The molecule has 2 amide bonds. The molecule has 9 heteroatoms. The minimum atomic E-state index is -0.564. The van der Waals surface area contributed by atoms with Crippen molar-refractivity contribution in [1.29, 1.82) is 0 Å². The molecule has 2 fully saturated rings. The molecule has 0 saturated carbocycles. The van der Waals surface area contributed by atoms with E-state index in [0.29, 0.717) is 24.0 Å². The molecule has 2 saturated heterocycles. The molecule has 2 aromatic rings. The van der Waals surface area contributed by atoms with E-state index in [1.54, 1.807) is 6.07 Å². The molecule has 8 nitrogen and oxygen atoms in total. The minimum absolute atomic E-state index is 0.133. The number of aliphatic hydroxyl groups excluding tert-OH is 1. The predicted molar refractivity (Wildman–Crippen MR) is 108 cm³/mol. The number of rotatable bonds is 4. The average molecular weight is 404 g/mol. The number of β-amino-alcohol motifs (C(OH)–C–C–N with tert-alkyl or cyclic N) is 1. The number of likely N-dealkylation sites (tertiary alicyclic amines) is 1. The number of benzene rings is 1. The second-order valence-electron chi connectivity index (χ2n) is 7.45. The topological polar surface area (TPSA) is 104 Å². The van der Waals surface area contributed by atoms with Crippen LogP contribution in [0.5, 0.6) is 0 Å². The van der Waals surface area contributed by atoms with E-state index in [-0.39, 0.29) is 18.4 Å². The number of hydrogen-bond acceptors (Lipinski definition) is 7. The zero-order chi connectivity index (χ0) is 19.7. The number of nitrogens with one attached hydrogen (secondary N) is 2. The molecular weight excluding hydrogens is 380 g/mol. The number of anilines is 2. The van der Waals surface area contributed by atoms with Crippen LogP contribution in [-0.2, 0) is 14.3 Å². The van der Waals surface area contributed by atoms with E-state index < -0.39 is 11.7 Å². The number of carbonyl (C=O) groups is 2. The monoisotopic (exact) mass is 404 g/mol. The van der Waals surface area contributed by atoms with Gasteiger partial charge in [0.1, 0.15) is 0 Å². The largest absolute Gasteiger partial charge is 0.389 e. The summed E-state index contributed by atoms with van der Waals surface area (Å²) in [5.41, 5.74) is 1.06. The lowest BCUT2D eigenvalue weighted by molar-refractivity contribution is -0.135. The SMILES string of the molecule is CC(=O)Nc1ccc2nc(NC(=O)CN3CC[C@@]4(CCCO4)[C@@H](O)C3)sc2c1. The van der Waals surface area contributed by atoms with Crippen LogP contribution in [0.15, 0.2) is 18.2 Å². The van der Waals surface area contributed by atoms with Crippen LogP contribution in [0.4, 0.5) is 10.8 Å². The Labute approximate surface area is 166 Å². The molecule has 4 rings (SSSR count). The highest BCUT2D eigenvalue weighted by atomic mass is 32.1. The lowest BCUT2D eigenvalue weighted by Gasteiger charge is -2.42. The number of hydrogen-bond donors (Lipinski definition) is 3. The maximum Gasteiger partial charge on any atom is 0.240 e. The first-order valence-corrected chi connectivity index (χ1v) is 10.3. The summed E-state index contributed by atoms with van der Waals surface area (Å²) in [6.07, 6.45) is 2.06. The standard InChI is InChI=1S/C19H24N4O4S/c1-12(24)20-13-3-4-14-15(9-13)28-18(21-14)22-17(26)11-23-7-6-19(16(25)10-23)5-2-8-27-19/h3-4,9,16,25H,2,5-8,10-11H2,1H3,(H,20,24)(H,21,22,26)/t16-,19-/m0/s1. The summed E-state index contributed by atoms with van der Waals surface area (Å²) in [5.74, 6) is -0.289. The first-order valence-electron chi connectivity index (χ1n) is 9.46. The Balaban J connectivity index is 1.35. The predicted octanol–water partition coefficient (Wildman–Crippen LogP) is 1.81. The number of amides is 2. The zero-order valence-electron chi connectivity index (χ0n) is 15.7. The van der Waals surface area contributed by atoms with Crippen LogP contribution >= 0.6 is 11.3 Å². The number of piperidine rings is 1. The Kier molecular flexibility index (Phi) is 5.33. The maximum atomic E-state index is 12.4. The normalized spacial score (nSPS) is 25.3. The van der Waals surface area contributed by atoms with E-state index >= 15 is 0 Å². The van der Waals surface area contributed by atoms with E-state index in [1.165, 1.54) is 18.3 Å². The van der Waals surface area contributed by atoms with Crippen molar-refractivity contribution in [3.63, 3.8) is 0 Å². The lowest BCUT2D eigenvalue weighted by Crippen LogP contribution is -2.56. The van der Waals surface area contributed by atoms with Gasteiger partial charge in [-0.1, -0.05) is 11.3 Å². The highest BCUT2D eigenvalue weighted by Crippen LogP contribution is 2.36. The van der Waals surface area contributed by atoms with Crippen molar-refractivity contribution in [3.8, 4) is 0 Å². The molecule has 0 radical (unpaired) electrons. The fourth-order valence-electron chi connectivity index (χ4n) is 3.96. The van der Waals surface area contributed by atoms with Gasteiger partial charge >= 0.3 is 0 Å². The molecule has 2 aliphatic rings. The highest BCUT2D eigenvalue weighted by Gasteiger charge is 2.45. The van der Waals surface area contributed by atoms with Gasteiger partial charge < -0.3 is 20.5 Å². The quantitative estimate of drug-likeness (QED) is 0.718. The van der Waals surface area contributed by atoms with Gasteiger partial charge in [0.2, 0.25) is 11.8 Å². The fraction of sp³-hybridized carbons (Fsp3) is 0.526. The number of ether oxygens (including phenoxy) is 1. The Morgan fingerprint density at radius 3 is 2.96 bits per heavy atom. The smallest absolute Gasteiger partial charge is 0.240 e. The van der Waals surface area contributed by atoms with Crippen molar-refractivity contribution in [2.24, 2.45) is 0 Å². The number of aromatic nitrogens is 1. The van der Waals surface area contributed by atoms with Crippen LogP contribution in [0.1, 0.15) is 26.2 Å². The van der Waals surface area contributed by atoms with Crippen LogP contribution in [0.2, 0.25) is 0 Å². The number of aliphatic hydroxyl groups is 1. The van der Waals surface area contributed by atoms with Gasteiger partial charge in [0.05, 0.1) is 28.5 Å². The van der Waals surface area contributed by atoms with Gasteiger partial charge in [0, 0.05) is 32.3 Å². The van der Waals surface area contributed by atoms with Gasteiger partial charge in [-0.15, -0.1) is 0 Å². The number of fused-ring (bicyclic) bond motifs is 1. The van der Waals surface area contributed by atoms with Gasteiger partial charge in [-0.05, 0) is 37.5 Å². The van der Waals surface area contributed by atoms with E-state index in [2.05, 4.69) is 15.6 Å². The molecule has 0 unspecified atom stereocenters. The van der Waals surface area contributed by atoms with Crippen LogP contribution < -0.4 is 10.6 Å². The average Bonchev–Trinajstić information content (AvgIpc) is 3.24. The van der Waals surface area contributed by atoms with E-state index in [9.17, 15) is 14.7 Å². The van der Waals surface area contributed by atoms with Crippen LogP contribution in [0.3, 0.4) is 0 Å². The van der Waals surface area contributed by atoms with Gasteiger partial charge in [0.25, 0.3) is 0 Å². The Hall–Kier alpha value is -2.07. The van der Waals surface area contributed by atoms with Gasteiger partial charge in [0.15, 0.2) is 5.13 Å². The molecule has 1 aromatic heterocycles. The van der Waals surface area contributed by atoms with Crippen LogP contribution in [0, 0.1) is 0 Å². The molecular formula is C19H24N4O4S. The van der Waals surface area contributed by atoms with Crippen molar-refractivity contribution in [2.45, 2.75) is 37.9 Å². The molecule has 1 aromatic carbocycles. The molecule has 150 valence electrons. The molecule has 2 atom stereocenters. The Morgan fingerprint density at radius 2 is 2.25 bits per heavy atom. The van der Waals surface area contributed by atoms with Crippen molar-refractivity contribution < 1.29 is 19.4 Å². The number of carbonyl (C=O) groups excluding carboxylic acids is 2. The van der Waals surface area contributed by atoms with Crippen LogP contribution in [0.25, 0.3) is 10.2 Å². The maximum absolute atomic E-state index is 12.4. The third kappa shape index (κ3) is 4.02. The van der Waals surface area contributed by atoms with Crippen LogP contribution in [-0.4, -0.2) is 64.8 Å². The zero-order valence-corrected chi connectivity index (χ0v) is 16.6. The molecule has 28 heavy (non-hydrogen) atoms. The molecule has 0 aliphatic carbocycles. The molecule has 3 N–H and O–H groups in total. The highest BCUT2D eigenvalue weighted by molar-refractivity contribution is 7.22. The summed E-state index contributed by atoms with van der Waals surface area (Å²) in [7, 11) is 0. The molecule has 0 bridgehead atoms. The molecule has 3 heterocycles. The fourth-order valence-corrected chi connectivity index (χ4v) is 4.88. The minimum Gasteiger partial charge on any atom is -0.389 e. The van der Waals surface area contributed by atoms with Gasteiger partial charge in [-0.25, -0.2) is 4.98 Å². The first kappa shape index (κ1) is 19.3. The third-order valence-electron chi connectivity index (χ3n) is 5.35. The summed E-state index contributed by atoms with van der Waals surface area (Å²) in [6.45, 7) is 3.54. The number of thiazole rings is 1. The Morgan fingerprint density at radius 1 is 1.39 bits per heavy atom. The molecule has 2 aliphatic heterocycles. The van der Waals surface area contributed by atoms with E-state index in [0.717, 1.165) is 36.0 Å². The Bertz CT molecular complexity index is 893. The summed E-state index contributed by atoms with van der Waals surface area (Å²) in [4.78, 5) is 30.0. The van der Waals surface area contributed by atoms with Crippen molar-refractivity contribution in [3.05, 3.63) is 18.2 Å². The van der Waals surface area contributed by atoms with Gasteiger partial charge in [-0.2, -0.15) is 0 Å². The summed E-state index contributed by atoms with van der Waals surface area (Å²) < 4.78 is 6.68. The van der Waals surface area contributed by atoms with E-state index in [4.69, 9.17) is 4.74 Å². The molecule has 1 spiro atoms.